The summed E-state index contributed by atoms with van der Waals surface area (Å²) in [6.45, 7) is 5.28. The van der Waals surface area contributed by atoms with E-state index in [0.29, 0.717) is 17.3 Å². The third-order valence-corrected chi connectivity index (χ3v) is 3.04. The van der Waals surface area contributed by atoms with Crippen molar-refractivity contribution in [3.05, 3.63) is 53.4 Å². The van der Waals surface area contributed by atoms with Gasteiger partial charge in [-0.3, -0.25) is 4.79 Å². The average Bonchev–Trinajstić information content (AvgIpc) is 3.03. The quantitative estimate of drug-likeness (QED) is 0.829. The molecule has 0 radical (unpaired) electrons. The van der Waals surface area contributed by atoms with Gasteiger partial charge in [0.2, 0.25) is 5.91 Å². The van der Waals surface area contributed by atoms with Gasteiger partial charge in [-0.05, 0) is 51.1 Å². The van der Waals surface area contributed by atoms with E-state index in [9.17, 15) is 9.90 Å². The van der Waals surface area contributed by atoms with E-state index in [1.807, 2.05) is 13.0 Å². The molecular weight excluding hydrogens is 270 g/mol. The molecule has 21 heavy (non-hydrogen) atoms. The lowest BCUT2D eigenvalue weighted by molar-refractivity contribution is -0.117. The Hall–Kier alpha value is -2.27. The highest BCUT2D eigenvalue weighted by molar-refractivity contribution is 5.91. The molecule has 2 aromatic rings. The maximum absolute atomic E-state index is 11.7. The summed E-state index contributed by atoms with van der Waals surface area (Å²) in [4.78, 5) is 11.7. The fourth-order valence-electron chi connectivity index (χ4n) is 1.83. The normalized spacial score (nSPS) is 14.3. The van der Waals surface area contributed by atoms with Crippen LogP contribution >= 0.6 is 0 Å². The first-order valence-electron chi connectivity index (χ1n) is 6.68. The number of aryl methyl sites for hydroxylation is 2. The second kappa shape index (κ2) is 6.01. The van der Waals surface area contributed by atoms with Crippen LogP contribution < -0.4 is 5.32 Å². The van der Waals surface area contributed by atoms with Gasteiger partial charge in [0.25, 0.3) is 0 Å². The molecule has 5 nitrogen and oxygen atoms in total. The van der Waals surface area contributed by atoms with Crippen LogP contribution in [0.5, 0.6) is 0 Å². The van der Waals surface area contributed by atoms with Gasteiger partial charge >= 0.3 is 0 Å². The maximum Gasteiger partial charge on any atom is 0.244 e. The molecule has 1 atom stereocenters. The third-order valence-electron chi connectivity index (χ3n) is 3.04. The van der Waals surface area contributed by atoms with Crippen molar-refractivity contribution in [3.8, 4) is 0 Å². The zero-order valence-electron chi connectivity index (χ0n) is 12.3. The molecule has 0 aromatic carbocycles. The second-order valence-electron chi connectivity index (χ2n) is 5.18. The molecule has 112 valence electrons. The van der Waals surface area contributed by atoms with Crippen LogP contribution in [0.4, 0.5) is 0 Å². The number of carbonyl (C=O) groups is 1. The van der Waals surface area contributed by atoms with E-state index in [4.69, 9.17) is 8.83 Å². The van der Waals surface area contributed by atoms with Crippen LogP contribution in [0.1, 0.15) is 30.0 Å². The molecule has 0 aliphatic carbocycles. The van der Waals surface area contributed by atoms with Gasteiger partial charge < -0.3 is 19.3 Å². The molecule has 1 amide bonds. The smallest absolute Gasteiger partial charge is 0.244 e. The minimum Gasteiger partial charge on any atom is -0.463 e. The van der Waals surface area contributed by atoms with Crippen LogP contribution in [-0.4, -0.2) is 17.6 Å². The topological polar surface area (TPSA) is 75.6 Å². The van der Waals surface area contributed by atoms with Gasteiger partial charge in [0.15, 0.2) is 0 Å². The fraction of sp³-hybridized carbons (Fsp3) is 0.312. The largest absolute Gasteiger partial charge is 0.463 e. The fourth-order valence-corrected chi connectivity index (χ4v) is 1.83. The predicted molar refractivity (Wildman–Crippen MR) is 78.5 cm³/mol. The summed E-state index contributed by atoms with van der Waals surface area (Å²) in [6, 6.07) is 7.07. The van der Waals surface area contributed by atoms with E-state index in [0.717, 1.165) is 5.76 Å². The van der Waals surface area contributed by atoms with Crippen LogP contribution in [-0.2, 0) is 10.4 Å². The van der Waals surface area contributed by atoms with Crippen LogP contribution in [0, 0.1) is 13.8 Å². The van der Waals surface area contributed by atoms with Crippen molar-refractivity contribution in [1.29, 1.82) is 0 Å². The van der Waals surface area contributed by atoms with E-state index in [-0.39, 0.29) is 12.5 Å². The molecule has 0 unspecified atom stereocenters. The van der Waals surface area contributed by atoms with Gasteiger partial charge in [0.1, 0.15) is 28.6 Å². The van der Waals surface area contributed by atoms with Crippen LogP contribution in [0.25, 0.3) is 6.08 Å². The highest BCUT2D eigenvalue weighted by Crippen LogP contribution is 2.21. The van der Waals surface area contributed by atoms with E-state index >= 15 is 0 Å². The lowest BCUT2D eigenvalue weighted by Crippen LogP contribution is -2.37. The molecule has 2 aromatic heterocycles. The lowest BCUT2D eigenvalue weighted by atomic mass is 10.0. The van der Waals surface area contributed by atoms with Gasteiger partial charge in [-0.2, -0.15) is 0 Å². The average molecular weight is 289 g/mol. The zero-order chi connectivity index (χ0) is 15.5. The Bertz CT molecular complexity index is 649. The van der Waals surface area contributed by atoms with Gasteiger partial charge in [0, 0.05) is 6.08 Å². The van der Waals surface area contributed by atoms with Gasteiger partial charge in [-0.25, -0.2) is 0 Å². The SMILES string of the molecule is Cc1ccc(/C=C/C(=O)NC[C@](C)(O)c2ccc(C)o2)o1. The molecule has 0 saturated heterocycles. The number of carbonyl (C=O) groups excluding carboxylic acids is 1. The Morgan fingerprint density at radius 1 is 1.24 bits per heavy atom. The number of furan rings is 2. The first-order valence-corrected chi connectivity index (χ1v) is 6.68. The summed E-state index contributed by atoms with van der Waals surface area (Å²) in [6.07, 6.45) is 2.94. The summed E-state index contributed by atoms with van der Waals surface area (Å²) in [5.41, 5.74) is -1.25. The van der Waals surface area contributed by atoms with Crippen LogP contribution in [0.2, 0.25) is 0 Å². The standard InChI is InChI=1S/C16H19NO4/c1-11-4-6-13(20-11)7-9-15(18)17-10-16(3,19)14-8-5-12(2)21-14/h4-9,19H,10H2,1-3H3,(H,17,18)/b9-7+/t16-/m0/s1. The van der Waals surface area contributed by atoms with Crippen molar-refractivity contribution >= 4 is 12.0 Å². The highest BCUT2D eigenvalue weighted by atomic mass is 16.4. The van der Waals surface area contributed by atoms with Gasteiger partial charge in [0.05, 0.1) is 6.54 Å². The van der Waals surface area contributed by atoms with Crippen molar-refractivity contribution in [2.45, 2.75) is 26.4 Å². The van der Waals surface area contributed by atoms with Crippen molar-refractivity contribution < 1.29 is 18.7 Å². The van der Waals surface area contributed by atoms with Gasteiger partial charge in [-0.1, -0.05) is 0 Å². The molecule has 5 heteroatoms. The maximum atomic E-state index is 11.7. The van der Waals surface area contributed by atoms with Crippen LogP contribution in [0.15, 0.2) is 39.2 Å². The Morgan fingerprint density at radius 3 is 2.48 bits per heavy atom. The van der Waals surface area contributed by atoms with Crippen molar-refractivity contribution in [3.63, 3.8) is 0 Å². The Kier molecular flexibility index (Phi) is 4.33. The first-order chi connectivity index (χ1) is 9.87. The summed E-state index contributed by atoms with van der Waals surface area (Å²) < 4.78 is 10.7. The Labute approximate surface area is 123 Å². The number of aliphatic hydroxyl groups is 1. The Morgan fingerprint density at radius 2 is 1.90 bits per heavy atom. The number of hydrogen-bond acceptors (Lipinski definition) is 4. The summed E-state index contributed by atoms with van der Waals surface area (Å²) in [7, 11) is 0. The highest BCUT2D eigenvalue weighted by Gasteiger charge is 2.27. The van der Waals surface area contributed by atoms with E-state index < -0.39 is 5.60 Å². The zero-order valence-corrected chi connectivity index (χ0v) is 12.3. The van der Waals surface area contributed by atoms with Crippen molar-refractivity contribution in [2.24, 2.45) is 0 Å². The van der Waals surface area contributed by atoms with E-state index in [2.05, 4.69) is 5.32 Å². The molecule has 2 rings (SSSR count). The minimum atomic E-state index is -1.25. The van der Waals surface area contributed by atoms with Crippen molar-refractivity contribution in [1.82, 2.24) is 5.32 Å². The first kappa shape index (κ1) is 15.1. The van der Waals surface area contributed by atoms with Gasteiger partial charge in [-0.15, -0.1) is 0 Å². The predicted octanol–water partition coefficient (Wildman–Crippen LogP) is 2.53. The summed E-state index contributed by atoms with van der Waals surface area (Å²) in [5.74, 6) is 2.21. The molecule has 0 bridgehead atoms. The second-order valence-corrected chi connectivity index (χ2v) is 5.18. The number of amides is 1. The number of hydrogen-bond donors (Lipinski definition) is 2. The minimum absolute atomic E-state index is 0.0559. The van der Waals surface area contributed by atoms with E-state index in [1.54, 1.807) is 38.1 Å². The molecule has 0 aliphatic heterocycles. The monoisotopic (exact) mass is 289 g/mol. The summed E-state index contributed by atoms with van der Waals surface area (Å²) in [5, 5.41) is 12.9. The number of nitrogens with one attached hydrogen (secondary N) is 1. The summed E-state index contributed by atoms with van der Waals surface area (Å²) >= 11 is 0. The van der Waals surface area contributed by atoms with Crippen molar-refractivity contribution in [2.75, 3.05) is 6.54 Å². The molecule has 2 heterocycles. The van der Waals surface area contributed by atoms with Crippen LogP contribution in [0.3, 0.4) is 0 Å². The molecule has 0 spiro atoms. The lowest BCUT2D eigenvalue weighted by Gasteiger charge is -2.20. The molecule has 0 saturated carbocycles. The molecule has 2 N–H and O–H groups in total. The molecule has 0 fully saturated rings. The third kappa shape index (κ3) is 4.10. The molecular formula is C16H19NO4. The van der Waals surface area contributed by atoms with E-state index in [1.165, 1.54) is 6.08 Å². The number of rotatable bonds is 5. The molecule has 0 aliphatic rings. The Balaban J connectivity index is 1.90.